The smallest absolute Gasteiger partial charge is 0.337 e. The highest BCUT2D eigenvalue weighted by atomic mass is 16.5. The predicted molar refractivity (Wildman–Crippen MR) is 68.1 cm³/mol. The molecule has 0 fully saturated rings. The largest absolute Gasteiger partial charge is 0.493 e. The fraction of sp³-hybridized carbons (Fsp3) is 0.462. The Morgan fingerprint density at radius 2 is 1.94 bits per heavy atom. The third-order valence-corrected chi connectivity index (χ3v) is 2.46. The molecule has 2 N–H and O–H groups in total. The van der Waals surface area contributed by atoms with Crippen molar-refractivity contribution < 1.29 is 19.0 Å². The van der Waals surface area contributed by atoms with Crippen molar-refractivity contribution in [2.75, 3.05) is 20.8 Å². The van der Waals surface area contributed by atoms with Crippen molar-refractivity contribution in [1.29, 1.82) is 0 Å². The Morgan fingerprint density at radius 3 is 2.44 bits per heavy atom. The van der Waals surface area contributed by atoms with Crippen LogP contribution < -0.4 is 15.2 Å². The van der Waals surface area contributed by atoms with Crippen LogP contribution in [0.3, 0.4) is 0 Å². The summed E-state index contributed by atoms with van der Waals surface area (Å²) in [6, 6.07) is 4.87. The average molecular weight is 253 g/mol. The van der Waals surface area contributed by atoms with E-state index in [-0.39, 0.29) is 0 Å². The van der Waals surface area contributed by atoms with Crippen LogP contribution in [0.2, 0.25) is 0 Å². The van der Waals surface area contributed by atoms with Gasteiger partial charge in [-0.25, -0.2) is 4.79 Å². The lowest BCUT2D eigenvalue weighted by atomic mass is 10.1. The molecule has 0 aliphatic carbocycles. The molecule has 5 nitrogen and oxygen atoms in total. The van der Waals surface area contributed by atoms with Crippen molar-refractivity contribution in [3.8, 4) is 11.5 Å². The Bertz CT molecular complexity index is 429. The van der Waals surface area contributed by atoms with Gasteiger partial charge < -0.3 is 19.9 Å². The summed E-state index contributed by atoms with van der Waals surface area (Å²) < 4.78 is 15.6. The lowest BCUT2D eigenvalue weighted by Gasteiger charge is -2.25. The van der Waals surface area contributed by atoms with Gasteiger partial charge in [0.05, 0.1) is 19.8 Å². The van der Waals surface area contributed by atoms with Crippen molar-refractivity contribution in [2.24, 2.45) is 5.73 Å². The highest BCUT2D eigenvalue weighted by molar-refractivity contribution is 5.90. The van der Waals surface area contributed by atoms with Crippen molar-refractivity contribution in [2.45, 2.75) is 19.4 Å². The summed E-state index contributed by atoms with van der Waals surface area (Å²) in [5, 5.41) is 0. The topological polar surface area (TPSA) is 70.8 Å². The average Bonchev–Trinajstić information content (AvgIpc) is 2.38. The van der Waals surface area contributed by atoms with Gasteiger partial charge in [-0.15, -0.1) is 0 Å². The number of methoxy groups -OCH3 is 2. The van der Waals surface area contributed by atoms with E-state index in [1.165, 1.54) is 14.2 Å². The summed E-state index contributed by atoms with van der Waals surface area (Å²) in [6.45, 7) is 4.12. The fourth-order valence-corrected chi connectivity index (χ4v) is 1.34. The minimum Gasteiger partial charge on any atom is -0.493 e. The van der Waals surface area contributed by atoms with E-state index < -0.39 is 11.6 Å². The second kappa shape index (κ2) is 5.73. The third-order valence-electron chi connectivity index (χ3n) is 2.46. The molecule has 0 saturated heterocycles. The molecule has 1 aromatic carbocycles. The molecule has 0 unspecified atom stereocenters. The van der Waals surface area contributed by atoms with Gasteiger partial charge in [0.2, 0.25) is 0 Å². The second-order valence-corrected chi connectivity index (χ2v) is 4.42. The number of esters is 1. The van der Waals surface area contributed by atoms with Gasteiger partial charge in [0, 0.05) is 6.54 Å². The van der Waals surface area contributed by atoms with Gasteiger partial charge in [-0.1, -0.05) is 0 Å². The molecule has 0 saturated carbocycles. The molecule has 18 heavy (non-hydrogen) atoms. The van der Waals surface area contributed by atoms with Crippen LogP contribution in [0.25, 0.3) is 0 Å². The van der Waals surface area contributed by atoms with E-state index in [9.17, 15) is 4.79 Å². The van der Waals surface area contributed by atoms with Crippen LogP contribution in [0.4, 0.5) is 0 Å². The maximum absolute atomic E-state index is 11.4. The van der Waals surface area contributed by atoms with E-state index in [1.54, 1.807) is 18.2 Å². The number of carbonyl (C=O) groups excluding carboxylic acids is 1. The van der Waals surface area contributed by atoms with Crippen LogP contribution in [0.1, 0.15) is 24.2 Å². The third kappa shape index (κ3) is 3.37. The molecule has 0 atom stereocenters. The normalized spacial score (nSPS) is 10.9. The van der Waals surface area contributed by atoms with Crippen LogP contribution in [0, 0.1) is 0 Å². The van der Waals surface area contributed by atoms with E-state index in [0.29, 0.717) is 23.6 Å². The minimum atomic E-state index is -0.500. The van der Waals surface area contributed by atoms with Gasteiger partial charge in [-0.3, -0.25) is 0 Å². The van der Waals surface area contributed by atoms with Crippen LogP contribution in [0.5, 0.6) is 11.5 Å². The van der Waals surface area contributed by atoms with E-state index in [4.69, 9.17) is 15.2 Å². The quantitative estimate of drug-likeness (QED) is 0.807. The van der Waals surface area contributed by atoms with Crippen molar-refractivity contribution in [1.82, 2.24) is 0 Å². The van der Waals surface area contributed by atoms with Gasteiger partial charge >= 0.3 is 5.97 Å². The molecular formula is C13H19NO4. The molecule has 1 aromatic rings. The fourth-order valence-electron chi connectivity index (χ4n) is 1.34. The Balaban J connectivity index is 3.04. The van der Waals surface area contributed by atoms with Crippen molar-refractivity contribution >= 4 is 5.97 Å². The van der Waals surface area contributed by atoms with Crippen LogP contribution >= 0.6 is 0 Å². The van der Waals surface area contributed by atoms with Gasteiger partial charge in [0.1, 0.15) is 5.60 Å². The minimum absolute atomic E-state index is 0.370. The number of hydrogen-bond donors (Lipinski definition) is 1. The number of carbonyl (C=O) groups is 1. The molecule has 0 aromatic heterocycles. The molecule has 100 valence electrons. The first-order valence-electron chi connectivity index (χ1n) is 5.59. The SMILES string of the molecule is COC(=O)c1ccc(OC(C)(C)CN)c(OC)c1. The van der Waals surface area contributed by atoms with Crippen molar-refractivity contribution in [3.05, 3.63) is 23.8 Å². The summed E-state index contributed by atoms with van der Waals surface area (Å²) in [7, 11) is 2.84. The molecule has 0 aliphatic rings. The molecule has 5 heteroatoms. The van der Waals surface area contributed by atoms with Gasteiger partial charge in [-0.2, -0.15) is 0 Å². The Kier molecular flexibility index (Phi) is 4.55. The first-order chi connectivity index (χ1) is 8.43. The summed E-state index contributed by atoms with van der Waals surface area (Å²) in [5.74, 6) is 0.595. The molecule has 0 aliphatic heterocycles. The summed E-state index contributed by atoms with van der Waals surface area (Å²) in [6.07, 6.45) is 0. The van der Waals surface area contributed by atoms with E-state index >= 15 is 0 Å². The molecule has 1 rings (SSSR count). The number of nitrogens with two attached hydrogens (primary N) is 1. The maximum Gasteiger partial charge on any atom is 0.337 e. The summed E-state index contributed by atoms with van der Waals surface area (Å²) >= 11 is 0. The molecule has 0 amide bonds. The van der Waals surface area contributed by atoms with Crippen LogP contribution in [-0.4, -0.2) is 32.3 Å². The first kappa shape index (κ1) is 14.3. The van der Waals surface area contributed by atoms with E-state index in [1.807, 2.05) is 13.8 Å². The Labute approximate surface area is 107 Å². The van der Waals surface area contributed by atoms with Crippen molar-refractivity contribution in [3.63, 3.8) is 0 Å². The molecular weight excluding hydrogens is 234 g/mol. The highest BCUT2D eigenvalue weighted by Gasteiger charge is 2.20. The monoisotopic (exact) mass is 253 g/mol. The maximum atomic E-state index is 11.4. The molecule has 0 radical (unpaired) electrons. The predicted octanol–water partition coefficient (Wildman–Crippen LogP) is 1.60. The summed E-state index contributed by atoms with van der Waals surface area (Å²) in [5.41, 5.74) is 5.51. The lowest BCUT2D eigenvalue weighted by molar-refractivity contribution is 0.0600. The standard InChI is InChI=1S/C13H19NO4/c1-13(2,8-14)18-10-6-5-9(12(15)17-4)7-11(10)16-3/h5-7H,8,14H2,1-4H3. The highest BCUT2D eigenvalue weighted by Crippen LogP contribution is 2.31. The zero-order chi connectivity index (χ0) is 13.8. The van der Waals surface area contributed by atoms with E-state index in [2.05, 4.69) is 4.74 Å². The van der Waals surface area contributed by atoms with Gasteiger partial charge in [0.15, 0.2) is 11.5 Å². The zero-order valence-electron chi connectivity index (χ0n) is 11.1. The second-order valence-electron chi connectivity index (χ2n) is 4.42. The Morgan fingerprint density at radius 1 is 1.28 bits per heavy atom. The van der Waals surface area contributed by atoms with Crippen LogP contribution in [-0.2, 0) is 4.74 Å². The van der Waals surface area contributed by atoms with Gasteiger partial charge in [-0.05, 0) is 32.0 Å². The first-order valence-corrected chi connectivity index (χ1v) is 5.59. The molecule has 0 heterocycles. The number of hydrogen-bond acceptors (Lipinski definition) is 5. The number of benzene rings is 1. The molecule has 0 spiro atoms. The summed E-state index contributed by atoms with van der Waals surface area (Å²) in [4.78, 5) is 11.4. The molecule has 0 bridgehead atoms. The number of ether oxygens (including phenoxy) is 3. The van der Waals surface area contributed by atoms with Gasteiger partial charge in [0.25, 0.3) is 0 Å². The zero-order valence-corrected chi connectivity index (χ0v) is 11.1. The van der Waals surface area contributed by atoms with Crippen LogP contribution in [0.15, 0.2) is 18.2 Å². The number of rotatable bonds is 5. The lowest BCUT2D eigenvalue weighted by Crippen LogP contribution is -2.37. The van der Waals surface area contributed by atoms with E-state index in [0.717, 1.165) is 0 Å². The Hall–Kier alpha value is -1.75.